The Morgan fingerprint density at radius 2 is 2.08 bits per heavy atom. The van der Waals surface area contributed by atoms with Gasteiger partial charge in [0.05, 0.1) is 5.75 Å². The minimum atomic E-state index is -0.292. The van der Waals surface area contributed by atoms with Crippen molar-refractivity contribution in [1.29, 1.82) is 0 Å². The summed E-state index contributed by atoms with van der Waals surface area (Å²) in [6.45, 7) is 6.68. The summed E-state index contributed by atoms with van der Waals surface area (Å²) in [5.74, 6) is 0.0796. The maximum atomic E-state index is 13.5. The minimum absolute atomic E-state index is 0.0476. The average Bonchev–Trinajstić information content (AvgIpc) is 3.16. The van der Waals surface area contributed by atoms with Crippen molar-refractivity contribution in [2.45, 2.75) is 32.5 Å². The van der Waals surface area contributed by atoms with Crippen LogP contribution < -0.4 is 0 Å². The summed E-state index contributed by atoms with van der Waals surface area (Å²) in [5, 5.41) is 0.842. The first-order chi connectivity index (χ1) is 12.0. The van der Waals surface area contributed by atoms with E-state index >= 15 is 0 Å². The molecular weight excluding hydrogens is 337 g/mol. The molecule has 0 bridgehead atoms. The van der Waals surface area contributed by atoms with Crippen LogP contribution in [0.1, 0.15) is 28.7 Å². The fourth-order valence-corrected chi connectivity index (χ4v) is 3.85. The van der Waals surface area contributed by atoms with Gasteiger partial charge in [-0.3, -0.25) is 4.79 Å². The molecule has 0 N–H and O–H groups in total. The van der Waals surface area contributed by atoms with Crippen molar-refractivity contribution in [3.63, 3.8) is 0 Å². The molecule has 0 radical (unpaired) electrons. The van der Waals surface area contributed by atoms with Crippen LogP contribution in [0.15, 0.2) is 47.9 Å². The van der Waals surface area contributed by atoms with Gasteiger partial charge in [0.15, 0.2) is 10.9 Å². The Morgan fingerprint density at radius 3 is 2.80 bits per heavy atom. The third-order valence-electron chi connectivity index (χ3n) is 4.15. The Hall–Kier alpha value is -2.34. The summed E-state index contributed by atoms with van der Waals surface area (Å²) < 4.78 is 17.5. The second kappa shape index (κ2) is 7.27. The van der Waals surface area contributed by atoms with Crippen molar-refractivity contribution in [2.24, 2.45) is 0 Å². The SMILES string of the molecule is CCn1ccnc1SCC(=O)c1cc(C)n(-c2cccc(F)c2)c1C. The minimum Gasteiger partial charge on any atom is -0.326 e. The second-order valence-corrected chi connectivity index (χ2v) is 6.75. The number of imidazole rings is 1. The Labute approximate surface area is 150 Å². The van der Waals surface area contributed by atoms with E-state index in [0.717, 1.165) is 28.8 Å². The van der Waals surface area contributed by atoms with E-state index in [1.165, 1.54) is 23.9 Å². The molecular formula is C19H20FN3OS. The van der Waals surface area contributed by atoms with Crippen molar-refractivity contribution < 1.29 is 9.18 Å². The maximum Gasteiger partial charge on any atom is 0.175 e. The molecule has 6 heteroatoms. The van der Waals surface area contributed by atoms with Gasteiger partial charge >= 0.3 is 0 Å². The number of halogens is 1. The first-order valence-electron chi connectivity index (χ1n) is 8.13. The summed E-state index contributed by atoms with van der Waals surface area (Å²) in [4.78, 5) is 17.0. The number of nitrogens with zero attached hydrogens (tertiary/aromatic N) is 3. The highest BCUT2D eigenvalue weighted by Gasteiger charge is 2.18. The topological polar surface area (TPSA) is 39.8 Å². The molecule has 4 nitrogen and oxygen atoms in total. The lowest BCUT2D eigenvalue weighted by atomic mass is 10.2. The van der Waals surface area contributed by atoms with Crippen LogP contribution in [0, 0.1) is 19.7 Å². The van der Waals surface area contributed by atoms with Gasteiger partial charge < -0.3 is 9.13 Å². The van der Waals surface area contributed by atoms with Crippen molar-refractivity contribution >= 4 is 17.5 Å². The summed E-state index contributed by atoms with van der Waals surface area (Å²) in [6.07, 6.45) is 3.65. The van der Waals surface area contributed by atoms with Crippen LogP contribution in [-0.4, -0.2) is 25.7 Å². The van der Waals surface area contributed by atoms with E-state index in [4.69, 9.17) is 0 Å². The molecule has 0 aliphatic heterocycles. The van der Waals surface area contributed by atoms with E-state index in [0.29, 0.717) is 11.3 Å². The number of aromatic nitrogens is 3. The predicted octanol–water partition coefficient (Wildman–Crippen LogP) is 4.42. The normalized spacial score (nSPS) is 11.0. The van der Waals surface area contributed by atoms with Gasteiger partial charge in [0.1, 0.15) is 5.82 Å². The number of ketones is 1. The first-order valence-corrected chi connectivity index (χ1v) is 9.11. The van der Waals surface area contributed by atoms with Gasteiger partial charge in [-0.25, -0.2) is 9.37 Å². The molecule has 130 valence electrons. The van der Waals surface area contributed by atoms with Gasteiger partial charge in [0.2, 0.25) is 0 Å². The van der Waals surface area contributed by atoms with Crippen molar-refractivity contribution in [3.8, 4) is 5.69 Å². The molecule has 0 atom stereocenters. The standard InChI is InChI=1S/C19H20FN3OS/c1-4-22-9-8-21-19(22)25-12-18(24)17-10-13(2)23(14(17)3)16-7-5-6-15(20)11-16/h5-11H,4,12H2,1-3H3. The van der Waals surface area contributed by atoms with Crippen LogP contribution in [-0.2, 0) is 6.54 Å². The van der Waals surface area contributed by atoms with E-state index in [1.54, 1.807) is 12.3 Å². The maximum absolute atomic E-state index is 13.5. The van der Waals surface area contributed by atoms with Crippen molar-refractivity contribution in [2.75, 3.05) is 5.75 Å². The van der Waals surface area contributed by atoms with Crippen LogP contribution in [0.5, 0.6) is 0 Å². The summed E-state index contributed by atoms with van der Waals surface area (Å²) in [5.41, 5.74) is 3.13. The molecule has 1 aromatic carbocycles. The Balaban J connectivity index is 1.83. The summed E-state index contributed by atoms with van der Waals surface area (Å²) in [7, 11) is 0. The number of thioether (sulfide) groups is 1. The molecule has 3 rings (SSSR count). The molecule has 0 aliphatic carbocycles. The van der Waals surface area contributed by atoms with E-state index in [1.807, 2.05) is 48.2 Å². The van der Waals surface area contributed by atoms with Crippen LogP contribution >= 0.6 is 11.8 Å². The number of hydrogen-bond acceptors (Lipinski definition) is 3. The molecule has 0 unspecified atom stereocenters. The van der Waals surface area contributed by atoms with E-state index in [-0.39, 0.29) is 11.6 Å². The number of rotatable bonds is 6. The number of carbonyl (C=O) groups excluding carboxylic acids is 1. The fourth-order valence-electron chi connectivity index (χ4n) is 2.94. The van der Waals surface area contributed by atoms with Gasteiger partial charge in [-0.2, -0.15) is 0 Å². The lowest BCUT2D eigenvalue weighted by Crippen LogP contribution is -2.06. The predicted molar refractivity (Wildman–Crippen MR) is 98.2 cm³/mol. The fraction of sp³-hybridized carbons (Fsp3) is 0.263. The van der Waals surface area contributed by atoms with Crippen molar-refractivity contribution in [1.82, 2.24) is 14.1 Å². The Bertz CT molecular complexity index is 913. The van der Waals surface area contributed by atoms with Crippen molar-refractivity contribution in [3.05, 3.63) is 65.5 Å². The second-order valence-electron chi connectivity index (χ2n) is 5.81. The van der Waals surface area contributed by atoms with Crippen LogP contribution in [0.2, 0.25) is 0 Å². The number of Topliss-reactive ketones (excluding diaryl/α,β-unsaturated/α-hetero) is 1. The Kier molecular flexibility index (Phi) is 5.08. The zero-order chi connectivity index (χ0) is 18.0. The monoisotopic (exact) mass is 357 g/mol. The van der Waals surface area contributed by atoms with Gasteiger partial charge in [0, 0.05) is 41.6 Å². The highest BCUT2D eigenvalue weighted by Crippen LogP contribution is 2.24. The molecule has 25 heavy (non-hydrogen) atoms. The first kappa shape index (κ1) is 17.5. The highest BCUT2D eigenvalue weighted by molar-refractivity contribution is 7.99. The molecule has 0 aliphatic rings. The zero-order valence-corrected chi connectivity index (χ0v) is 15.3. The summed E-state index contributed by atoms with van der Waals surface area (Å²) >= 11 is 1.44. The molecule has 0 saturated carbocycles. The number of aryl methyl sites for hydroxylation is 2. The molecule has 0 fully saturated rings. The van der Waals surface area contributed by atoms with Gasteiger partial charge in [-0.15, -0.1) is 0 Å². The molecule has 0 spiro atoms. The van der Waals surface area contributed by atoms with E-state index in [2.05, 4.69) is 4.98 Å². The van der Waals surface area contributed by atoms with Gasteiger partial charge in [-0.05, 0) is 45.0 Å². The number of benzene rings is 1. The summed E-state index contributed by atoms with van der Waals surface area (Å²) in [6, 6.07) is 8.27. The lowest BCUT2D eigenvalue weighted by Gasteiger charge is -2.10. The van der Waals surface area contributed by atoms with E-state index in [9.17, 15) is 9.18 Å². The molecule has 3 aromatic rings. The molecule has 2 heterocycles. The third-order valence-corrected chi connectivity index (χ3v) is 5.15. The number of carbonyl (C=O) groups is 1. The molecule has 0 saturated heterocycles. The highest BCUT2D eigenvalue weighted by atomic mass is 32.2. The van der Waals surface area contributed by atoms with E-state index < -0.39 is 0 Å². The van der Waals surface area contributed by atoms with Crippen LogP contribution in [0.25, 0.3) is 5.69 Å². The number of hydrogen-bond donors (Lipinski definition) is 0. The quantitative estimate of drug-likeness (QED) is 0.484. The van der Waals surface area contributed by atoms with Crippen LogP contribution in [0.4, 0.5) is 4.39 Å². The van der Waals surface area contributed by atoms with Gasteiger partial charge in [0.25, 0.3) is 0 Å². The third kappa shape index (κ3) is 3.54. The average molecular weight is 357 g/mol. The smallest absolute Gasteiger partial charge is 0.175 e. The van der Waals surface area contributed by atoms with Gasteiger partial charge in [-0.1, -0.05) is 17.8 Å². The van der Waals surface area contributed by atoms with Crippen LogP contribution in [0.3, 0.4) is 0 Å². The zero-order valence-electron chi connectivity index (χ0n) is 14.5. The Morgan fingerprint density at radius 1 is 1.28 bits per heavy atom. The molecule has 2 aromatic heterocycles. The lowest BCUT2D eigenvalue weighted by molar-refractivity contribution is 0.102. The molecule has 0 amide bonds. The largest absolute Gasteiger partial charge is 0.326 e.